The van der Waals surface area contributed by atoms with E-state index in [1.54, 1.807) is 23.2 Å². The highest BCUT2D eigenvalue weighted by molar-refractivity contribution is 7.91. The molecule has 2 aliphatic rings. The lowest BCUT2D eigenvalue weighted by Crippen LogP contribution is -2.51. The van der Waals surface area contributed by atoms with Gasteiger partial charge in [0.15, 0.2) is 9.84 Å². The number of anilines is 1. The van der Waals surface area contributed by atoms with Crippen molar-refractivity contribution >= 4 is 33.4 Å². The lowest BCUT2D eigenvalue weighted by Gasteiger charge is -2.30. The predicted octanol–water partition coefficient (Wildman–Crippen LogP) is 5.27. The maximum Gasteiger partial charge on any atom is 0.407 e. The first-order valence-electron chi connectivity index (χ1n) is 17.2. The van der Waals surface area contributed by atoms with Crippen LogP contribution in [0.4, 0.5) is 10.5 Å². The van der Waals surface area contributed by atoms with Crippen LogP contribution in [0.2, 0.25) is 0 Å². The first-order chi connectivity index (χ1) is 24.5. The van der Waals surface area contributed by atoms with E-state index in [0.717, 1.165) is 40.8 Å². The number of amides is 3. The molecule has 268 valence electrons. The molecule has 6 rings (SSSR count). The Bertz CT molecular complexity index is 1960. The van der Waals surface area contributed by atoms with Crippen molar-refractivity contribution in [3.05, 3.63) is 95.9 Å². The van der Waals surface area contributed by atoms with Crippen LogP contribution >= 0.6 is 0 Å². The SMILES string of the molecule is COC(=O)N[C@@H](C(=O)N1CCC[C@H]1c1ncc(-c2cccc(-c3ccc(C(=O)Nc4ccc(CN5CCS(=O)(=O)CC5)cc4)cc3)c2)[nH]1)C(C)C. The van der Waals surface area contributed by atoms with Crippen LogP contribution in [-0.4, -0.2) is 90.4 Å². The highest BCUT2D eigenvalue weighted by Gasteiger charge is 2.37. The molecule has 2 atom stereocenters. The number of imidazole rings is 1. The zero-order chi connectivity index (χ0) is 36.1. The molecule has 3 N–H and O–H groups in total. The van der Waals surface area contributed by atoms with Crippen LogP contribution in [0.1, 0.15) is 54.5 Å². The monoisotopic (exact) mass is 712 g/mol. The lowest BCUT2D eigenvalue weighted by atomic mass is 10.0. The summed E-state index contributed by atoms with van der Waals surface area (Å²) in [5.74, 6) is 0.608. The van der Waals surface area contributed by atoms with Crippen LogP contribution < -0.4 is 10.6 Å². The van der Waals surface area contributed by atoms with Gasteiger partial charge in [0.25, 0.3) is 5.91 Å². The van der Waals surface area contributed by atoms with Gasteiger partial charge in [-0.1, -0.05) is 56.3 Å². The fraction of sp³-hybridized carbons (Fsp3) is 0.368. The number of carbonyl (C=O) groups excluding carboxylic acids is 3. The summed E-state index contributed by atoms with van der Waals surface area (Å²) >= 11 is 0. The highest BCUT2D eigenvalue weighted by Crippen LogP contribution is 2.33. The number of nitrogens with one attached hydrogen (secondary N) is 3. The Hall–Kier alpha value is -5.01. The summed E-state index contributed by atoms with van der Waals surface area (Å²) in [5, 5.41) is 5.64. The smallest absolute Gasteiger partial charge is 0.407 e. The number of aromatic amines is 1. The zero-order valence-electron chi connectivity index (χ0n) is 29.1. The highest BCUT2D eigenvalue weighted by atomic mass is 32.2. The third-order valence-corrected chi connectivity index (χ3v) is 11.2. The Kier molecular flexibility index (Phi) is 10.9. The van der Waals surface area contributed by atoms with E-state index in [0.29, 0.717) is 43.3 Å². The Labute approximate surface area is 298 Å². The molecule has 0 saturated carbocycles. The van der Waals surface area contributed by atoms with Gasteiger partial charge < -0.3 is 25.3 Å². The van der Waals surface area contributed by atoms with Gasteiger partial charge in [-0.15, -0.1) is 0 Å². The summed E-state index contributed by atoms with van der Waals surface area (Å²) in [6.45, 7) is 6.10. The first kappa shape index (κ1) is 35.8. The van der Waals surface area contributed by atoms with Gasteiger partial charge in [0.2, 0.25) is 5.91 Å². The summed E-state index contributed by atoms with van der Waals surface area (Å²) < 4.78 is 28.1. The van der Waals surface area contributed by atoms with E-state index >= 15 is 0 Å². The second-order valence-corrected chi connectivity index (χ2v) is 15.8. The number of benzene rings is 3. The van der Waals surface area contributed by atoms with Crippen molar-refractivity contribution in [1.82, 2.24) is 25.1 Å². The van der Waals surface area contributed by atoms with Crippen molar-refractivity contribution in [3.8, 4) is 22.4 Å². The number of nitrogens with zero attached hydrogens (tertiary/aromatic N) is 3. The predicted molar refractivity (Wildman–Crippen MR) is 196 cm³/mol. The Morgan fingerprint density at radius 1 is 0.941 bits per heavy atom. The largest absolute Gasteiger partial charge is 0.453 e. The summed E-state index contributed by atoms with van der Waals surface area (Å²) in [4.78, 5) is 50.5. The minimum Gasteiger partial charge on any atom is -0.453 e. The second kappa shape index (κ2) is 15.5. The van der Waals surface area contributed by atoms with E-state index in [1.807, 2.05) is 68.4 Å². The summed E-state index contributed by atoms with van der Waals surface area (Å²) in [6.07, 6.45) is 2.75. The van der Waals surface area contributed by atoms with E-state index < -0.39 is 22.0 Å². The number of carbonyl (C=O) groups is 3. The molecule has 2 fully saturated rings. The minimum absolute atomic E-state index is 0.114. The average Bonchev–Trinajstić information content (AvgIpc) is 3.83. The average molecular weight is 713 g/mol. The molecule has 3 aromatic carbocycles. The first-order valence-corrected chi connectivity index (χ1v) is 19.1. The Morgan fingerprint density at radius 3 is 2.33 bits per heavy atom. The lowest BCUT2D eigenvalue weighted by molar-refractivity contribution is -0.135. The van der Waals surface area contributed by atoms with Crippen molar-refractivity contribution in [1.29, 1.82) is 0 Å². The number of hydrogen-bond acceptors (Lipinski definition) is 8. The molecule has 0 aliphatic carbocycles. The molecule has 12 nitrogen and oxygen atoms in total. The number of H-pyrrole nitrogens is 1. The van der Waals surface area contributed by atoms with Crippen molar-refractivity contribution in [3.63, 3.8) is 0 Å². The van der Waals surface area contributed by atoms with Gasteiger partial charge in [-0.05, 0) is 65.8 Å². The third kappa shape index (κ3) is 8.66. The molecule has 51 heavy (non-hydrogen) atoms. The molecule has 0 unspecified atom stereocenters. The summed E-state index contributed by atoms with van der Waals surface area (Å²) in [5.41, 5.74) is 5.96. The number of hydrogen-bond donors (Lipinski definition) is 3. The number of likely N-dealkylation sites (tertiary alicyclic amines) is 1. The molecule has 13 heteroatoms. The molecule has 2 aliphatic heterocycles. The second-order valence-electron chi connectivity index (χ2n) is 13.5. The normalized spacial score (nSPS) is 18.0. The molecule has 4 aromatic rings. The fourth-order valence-electron chi connectivity index (χ4n) is 6.59. The van der Waals surface area contributed by atoms with E-state index in [4.69, 9.17) is 4.74 Å². The third-order valence-electron chi connectivity index (χ3n) is 9.55. The van der Waals surface area contributed by atoms with Gasteiger partial charge in [0.05, 0.1) is 36.5 Å². The number of aromatic nitrogens is 2. The van der Waals surface area contributed by atoms with Crippen molar-refractivity contribution < 1.29 is 27.5 Å². The molecule has 1 aromatic heterocycles. The van der Waals surface area contributed by atoms with Crippen LogP contribution in [-0.2, 0) is 25.9 Å². The van der Waals surface area contributed by atoms with Crippen LogP contribution in [0, 0.1) is 5.92 Å². The van der Waals surface area contributed by atoms with Crippen molar-refractivity contribution in [2.24, 2.45) is 5.92 Å². The van der Waals surface area contributed by atoms with Gasteiger partial charge in [0.1, 0.15) is 11.9 Å². The van der Waals surface area contributed by atoms with E-state index in [2.05, 4.69) is 31.6 Å². The number of rotatable bonds is 10. The topological polar surface area (TPSA) is 154 Å². The zero-order valence-corrected chi connectivity index (χ0v) is 29.9. The number of sulfone groups is 1. The summed E-state index contributed by atoms with van der Waals surface area (Å²) in [6, 6.07) is 22.2. The Balaban J connectivity index is 1.08. The van der Waals surface area contributed by atoms with E-state index in [-0.39, 0.29) is 35.3 Å². The fourth-order valence-corrected chi connectivity index (χ4v) is 7.87. The van der Waals surface area contributed by atoms with Crippen molar-refractivity contribution in [2.75, 3.05) is 43.6 Å². The van der Waals surface area contributed by atoms with Crippen LogP contribution in [0.25, 0.3) is 22.4 Å². The molecular weight excluding hydrogens is 669 g/mol. The number of alkyl carbamates (subject to hydrolysis) is 1. The van der Waals surface area contributed by atoms with E-state index in [9.17, 15) is 22.8 Å². The molecule has 3 amide bonds. The van der Waals surface area contributed by atoms with Crippen LogP contribution in [0.3, 0.4) is 0 Å². The molecule has 3 heterocycles. The molecule has 2 saturated heterocycles. The quantitative estimate of drug-likeness (QED) is 0.201. The maximum atomic E-state index is 13.5. The summed E-state index contributed by atoms with van der Waals surface area (Å²) in [7, 11) is -1.63. The standard InChI is InChI=1S/C38H44N6O6S/c1-25(2)34(42-38(47)50-3)37(46)44-17-5-8-33(44)35-39-23-32(41-35)30-7-4-6-29(22-30)27-11-13-28(14-12-27)36(45)40-31-15-9-26(10-16-31)24-43-18-20-51(48,49)21-19-43/h4,6-7,9-16,22-23,25,33-34H,5,8,17-21,24H2,1-3H3,(H,39,41)(H,40,45)(H,42,47)/t33-,34+/m0/s1. The molecule has 0 radical (unpaired) electrons. The molecular formula is C38H44N6O6S. The minimum atomic E-state index is -2.91. The van der Waals surface area contributed by atoms with Crippen LogP contribution in [0.15, 0.2) is 79.0 Å². The van der Waals surface area contributed by atoms with Gasteiger partial charge in [-0.3, -0.25) is 14.5 Å². The molecule has 0 bridgehead atoms. The van der Waals surface area contributed by atoms with Crippen LogP contribution in [0.5, 0.6) is 0 Å². The number of ether oxygens (including phenoxy) is 1. The van der Waals surface area contributed by atoms with Crippen molar-refractivity contribution in [2.45, 2.75) is 45.3 Å². The van der Waals surface area contributed by atoms with Gasteiger partial charge >= 0.3 is 6.09 Å². The molecule has 0 spiro atoms. The Morgan fingerprint density at radius 2 is 1.65 bits per heavy atom. The van der Waals surface area contributed by atoms with Gasteiger partial charge in [-0.25, -0.2) is 18.2 Å². The van der Waals surface area contributed by atoms with Gasteiger partial charge in [0, 0.05) is 43.0 Å². The number of methoxy groups -OCH3 is 1. The maximum absolute atomic E-state index is 13.5. The van der Waals surface area contributed by atoms with Gasteiger partial charge in [-0.2, -0.15) is 0 Å². The van der Waals surface area contributed by atoms with E-state index in [1.165, 1.54) is 7.11 Å².